The van der Waals surface area contributed by atoms with E-state index in [0.29, 0.717) is 43.1 Å². The zero-order chi connectivity index (χ0) is 26.6. The molecule has 38 heavy (non-hydrogen) atoms. The molecule has 3 N–H and O–H groups in total. The molecule has 3 atom stereocenters. The molecular formula is C28H35F2N7O. The minimum atomic E-state index is -2.67. The van der Waals surface area contributed by atoms with Gasteiger partial charge >= 0.3 is 0 Å². The van der Waals surface area contributed by atoms with E-state index in [9.17, 15) is 13.6 Å². The van der Waals surface area contributed by atoms with Crippen LogP contribution in [-0.2, 0) is 24.2 Å². The molecule has 2 fully saturated rings. The number of amides is 1. The van der Waals surface area contributed by atoms with Crippen molar-refractivity contribution in [2.24, 2.45) is 22.6 Å². The summed E-state index contributed by atoms with van der Waals surface area (Å²) in [5, 5.41) is 8.74. The maximum absolute atomic E-state index is 14.3. The summed E-state index contributed by atoms with van der Waals surface area (Å²) in [5.41, 5.74) is 10.7. The Labute approximate surface area is 221 Å². The number of nitrogens with two attached hydrogens (primary N) is 1. The summed E-state index contributed by atoms with van der Waals surface area (Å²) in [6, 6.07) is 3.76. The van der Waals surface area contributed by atoms with Crippen molar-refractivity contribution >= 4 is 29.3 Å². The Morgan fingerprint density at radius 2 is 2.03 bits per heavy atom. The van der Waals surface area contributed by atoms with Crippen LogP contribution in [0.2, 0.25) is 0 Å². The molecule has 1 aromatic carbocycles. The summed E-state index contributed by atoms with van der Waals surface area (Å²) >= 11 is 0. The Morgan fingerprint density at radius 1 is 1.24 bits per heavy atom. The molecule has 0 spiro atoms. The van der Waals surface area contributed by atoms with Gasteiger partial charge in [-0.25, -0.2) is 8.78 Å². The number of nitrogens with zero attached hydrogens (tertiary/aromatic N) is 5. The molecule has 1 aliphatic carbocycles. The first-order valence-electron chi connectivity index (χ1n) is 13.5. The molecule has 2 aromatic rings. The molecule has 1 saturated heterocycles. The first kappa shape index (κ1) is 25.0. The average Bonchev–Trinajstić information content (AvgIpc) is 3.28. The van der Waals surface area contributed by atoms with Gasteiger partial charge in [0.1, 0.15) is 0 Å². The predicted octanol–water partition coefficient (Wildman–Crippen LogP) is 3.59. The van der Waals surface area contributed by atoms with Gasteiger partial charge in [0.05, 0.1) is 12.6 Å². The van der Waals surface area contributed by atoms with Gasteiger partial charge in [0.25, 0.3) is 6.43 Å². The highest BCUT2D eigenvalue weighted by atomic mass is 19.3. The topological polar surface area (TPSA) is 91.8 Å². The molecule has 3 aliphatic heterocycles. The number of hydrogen-bond acceptors (Lipinski definition) is 6. The van der Waals surface area contributed by atoms with Crippen molar-refractivity contribution in [1.29, 1.82) is 0 Å². The number of rotatable bonds is 5. The third-order valence-electron chi connectivity index (χ3n) is 8.75. The zero-order valence-corrected chi connectivity index (χ0v) is 22.0. The lowest BCUT2D eigenvalue weighted by Crippen LogP contribution is -2.54. The Morgan fingerprint density at radius 3 is 2.71 bits per heavy atom. The van der Waals surface area contributed by atoms with Gasteiger partial charge in [-0.15, -0.1) is 0 Å². The van der Waals surface area contributed by atoms with Crippen LogP contribution in [0.15, 0.2) is 23.2 Å². The largest absolute Gasteiger partial charge is 0.398 e. The number of benzene rings is 1. The lowest BCUT2D eigenvalue weighted by molar-refractivity contribution is -0.129. The highest BCUT2D eigenvalue weighted by Gasteiger charge is 2.47. The molecule has 10 heteroatoms. The number of carbonyl (C=O) groups is 1. The number of alkyl halides is 2. The minimum Gasteiger partial charge on any atom is -0.398 e. The highest BCUT2D eigenvalue weighted by molar-refractivity contribution is 5.85. The number of piperidine rings is 2. The normalized spacial score (nSPS) is 25.0. The number of halogens is 2. The number of aromatic nitrogens is 2. The Bertz CT molecular complexity index is 1300. The van der Waals surface area contributed by atoms with E-state index in [2.05, 4.69) is 19.9 Å². The smallest absolute Gasteiger partial charge is 0.264 e. The summed E-state index contributed by atoms with van der Waals surface area (Å²) in [7, 11) is 1.61. The van der Waals surface area contributed by atoms with Crippen molar-refractivity contribution in [3.63, 3.8) is 0 Å². The number of fused-ring (bicyclic) bond motifs is 4. The first-order chi connectivity index (χ1) is 18.4. The maximum atomic E-state index is 14.3. The first-order valence-corrected chi connectivity index (χ1v) is 13.5. The van der Waals surface area contributed by atoms with Gasteiger partial charge in [-0.1, -0.05) is 0 Å². The monoisotopic (exact) mass is 523 g/mol. The molecule has 202 valence electrons. The fourth-order valence-corrected chi connectivity index (χ4v) is 6.82. The van der Waals surface area contributed by atoms with Crippen molar-refractivity contribution in [3.05, 3.63) is 46.2 Å². The number of carbonyl (C=O) groups excluding carboxylic acids is 1. The van der Waals surface area contributed by atoms with Gasteiger partial charge in [0.2, 0.25) is 5.91 Å². The van der Waals surface area contributed by atoms with Gasteiger partial charge in [-0.2, -0.15) is 5.10 Å². The van der Waals surface area contributed by atoms with E-state index in [4.69, 9.17) is 10.8 Å². The summed E-state index contributed by atoms with van der Waals surface area (Å²) in [4.78, 5) is 20.2. The van der Waals surface area contributed by atoms with Crippen LogP contribution in [0.4, 0.5) is 20.3 Å². The van der Waals surface area contributed by atoms with Gasteiger partial charge in [-0.05, 0) is 54.9 Å². The van der Waals surface area contributed by atoms with E-state index in [1.54, 1.807) is 26.1 Å². The fourth-order valence-electron chi connectivity index (χ4n) is 6.82. The van der Waals surface area contributed by atoms with Gasteiger partial charge in [0.15, 0.2) is 5.82 Å². The van der Waals surface area contributed by atoms with Crippen LogP contribution >= 0.6 is 0 Å². The molecule has 1 aromatic heterocycles. The summed E-state index contributed by atoms with van der Waals surface area (Å²) in [5.74, 6) is 1.96. The standard InChI is InChI=1S/C28H35F2N7O/c1-16(38)35-9-6-24-22(15-35)28(34-37(24)26-18-10-19(26)14-33-13-18)36-8-3-4-17-11-20(23(31)5-7-32-2)21(27(29)30)12-25(17)36/h5,7,11-12,18-19,26-27,33H,3-4,6,8-10,13-15,31H2,1-2H3/b23-5-,32-7?/t18-,19+,26?. The molecule has 4 heterocycles. The molecular weight excluding hydrogens is 488 g/mol. The van der Waals surface area contributed by atoms with Crippen molar-refractivity contribution in [1.82, 2.24) is 20.0 Å². The lowest BCUT2D eigenvalue weighted by Gasteiger charge is -2.50. The fraction of sp³-hybridized carbons (Fsp3) is 0.536. The van der Waals surface area contributed by atoms with Crippen molar-refractivity contribution in [2.45, 2.75) is 51.6 Å². The quantitative estimate of drug-likeness (QED) is 0.585. The third-order valence-corrected chi connectivity index (χ3v) is 8.75. The molecule has 4 aliphatic rings. The summed E-state index contributed by atoms with van der Waals surface area (Å²) < 4.78 is 30.9. The molecule has 0 radical (unpaired) electrons. The van der Waals surface area contributed by atoms with E-state index in [-0.39, 0.29) is 17.2 Å². The summed E-state index contributed by atoms with van der Waals surface area (Å²) in [6.07, 6.45) is 4.02. The Hall–Kier alpha value is -3.27. The van der Waals surface area contributed by atoms with E-state index < -0.39 is 6.43 Å². The molecule has 1 saturated carbocycles. The van der Waals surface area contributed by atoms with Crippen LogP contribution in [0.1, 0.15) is 60.2 Å². The highest BCUT2D eigenvalue weighted by Crippen LogP contribution is 2.49. The number of aliphatic imine (C=N–C) groups is 1. The van der Waals surface area contributed by atoms with Crippen LogP contribution in [0.25, 0.3) is 5.70 Å². The van der Waals surface area contributed by atoms with Gasteiger partial charge < -0.3 is 20.9 Å². The average molecular weight is 524 g/mol. The van der Waals surface area contributed by atoms with Gasteiger partial charge in [0, 0.05) is 86.6 Å². The molecule has 6 rings (SSSR count). The Kier molecular flexibility index (Phi) is 6.45. The van der Waals surface area contributed by atoms with Crippen molar-refractivity contribution in [2.75, 3.05) is 38.1 Å². The van der Waals surface area contributed by atoms with Crippen molar-refractivity contribution in [3.8, 4) is 0 Å². The lowest BCUT2D eigenvalue weighted by atomic mass is 9.67. The predicted molar refractivity (Wildman–Crippen MR) is 144 cm³/mol. The minimum absolute atomic E-state index is 0.0422. The van der Waals surface area contributed by atoms with E-state index in [1.165, 1.54) is 18.3 Å². The van der Waals surface area contributed by atoms with Crippen LogP contribution < -0.4 is 16.0 Å². The number of aryl methyl sites for hydroxylation is 1. The number of allylic oxidation sites excluding steroid dienone is 1. The van der Waals surface area contributed by atoms with Crippen molar-refractivity contribution < 1.29 is 13.6 Å². The molecule has 1 unspecified atom stereocenters. The maximum Gasteiger partial charge on any atom is 0.264 e. The number of hydrogen-bond donors (Lipinski definition) is 2. The summed E-state index contributed by atoms with van der Waals surface area (Å²) in [6.45, 7) is 5.45. The third kappa shape index (κ3) is 4.09. The second-order valence-electron chi connectivity index (χ2n) is 10.9. The second-order valence-corrected chi connectivity index (χ2v) is 10.9. The Balaban J connectivity index is 1.46. The van der Waals surface area contributed by atoms with E-state index in [0.717, 1.165) is 55.0 Å². The van der Waals surface area contributed by atoms with Gasteiger partial charge in [-0.3, -0.25) is 14.5 Å². The van der Waals surface area contributed by atoms with Crippen LogP contribution in [0.3, 0.4) is 0 Å². The van der Waals surface area contributed by atoms with E-state index >= 15 is 0 Å². The second kappa shape index (κ2) is 9.80. The molecule has 2 bridgehead atoms. The number of nitrogens with one attached hydrogen (secondary N) is 1. The van der Waals surface area contributed by atoms with E-state index in [1.807, 2.05) is 11.0 Å². The SMILES string of the molecule is CN=C/C=C(\N)c1cc2c(cc1C(F)F)N(c1nn(C3[C@@H]4CNC[C@H]3C4)c3c1CN(C(C)=O)CC3)CCC2. The zero-order valence-electron chi connectivity index (χ0n) is 22.0. The van der Waals surface area contributed by atoms with Crippen LogP contribution in [0.5, 0.6) is 0 Å². The molecule has 1 amide bonds. The van der Waals surface area contributed by atoms with Crippen LogP contribution in [0, 0.1) is 11.8 Å². The van der Waals surface area contributed by atoms with Crippen LogP contribution in [-0.4, -0.2) is 60.0 Å². The molecule has 8 nitrogen and oxygen atoms in total. The number of anilines is 2.